The molecular formula is C22H25ClN4OS. The second kappa shape index (κ2) is 8.69. The van der Waals surface area contributed by atoms with Gasteiger partial charge >= 0.3 is 0 Å². The first-order chi connectivity index (χ1) is 14.1. The van der Waals surface area contributed by atoms with E-state index in [0.29, 0.717) is 16.4 Å². The molecule has 1 aliphatic heterocycles. The van der Waals surface area contributed by atoms with Crippen LogP contribution in [0.5, 0.6) is 0 Å². The summed E-state index contributed by atoms with van der Waals surface area (Å²) in [4.78, 5) is 14.9. The van der Waals surface area contributed by atoms with Gasteiger partial charge in [-0.1, -0.05) is 35.9 Å². The number of amides is 1. The van der Waals surface area contributed by atoms with Crippen LogP contribution >= 0.6 is 22.9 Å². The zero-order valence-corrected chi connectivity index (χ0v) is 18.0. The van der Waals surface area contributed by atoms with E-state index < -0.39 is 0 Å². The lowest BCUT2D eigenvalue weighted by Crippen LogP contribution is -2.41. The summed E-state index contributed by atoms with van der Waals surface area (Å²) in [6.45, 7) is 3.32. The maximum absolute atomic E-state index is 13.0. The van der Waals surface area contributed by atoms with Gasteiger partial charge in [-0.25, -0.2) is 0 Å². The predicted molar refractivity (Wildman–Crippen MR) is 119 cm³/mol. The Bertz CT molecular complexity index is 1030. The van der Waals surface area contributed by atoms with E-state index in [-0.39, 0.29) is 11.9 Å². The first-order valence-electron chi connectivity index (χ1n) is 9.96. The number of carbonyl (C=O) groups excluding carboxylic acids is 1. The average molecular weight is 429 g/mol. The number of aryl methyl sites for hydroxylation is 3. The Morgan fingerprint density at radius 3 is 3.00 bits per heavy atom. The number of carbonyl (C=O) groups is 1. The van der Waals surface area contributed by atoms with Crippen molar-refractivity contribution in [3.8, 4) is 11.3 Å². The molecule has 0 spiro atoms. The van der Waals surface area contributed by atoms with Crippen LogP contribution in [0.1, 0.15) is 38.5 Å². The summed E-state index contributed by atoms with van der Waals surface area (Å²) in [7, 11) is 0. The molecule has 0 bridgehead atoms. The van der Waals surface area contributed by atoms with Gasteiger partial charge in [0.25, 0.3) is 5.91 Å². The topological polar surface area (TPSA) is 72.9 Å². The highest BCUT2D eigenvalue weighted by atomic mass is 35.5. The molecule has 0 aliphatic carbocycles. The number of thiophene rings is 1. The Morgan fingerprint density at radius 2 is 2.21 bits per heavy atom. The Kier molecular flexibility index (Phi) is 6.04. The van der Waals surface area contributed by atoms with Crippen LogP contribution in [0.25, 0.3) is 11.3 Å². The predicted octanol–water partition coefficient (Wildman–Crippen LogP) is 4.21. The van der Waals surface area contributed by atoms with Crippen molar-refractivity contribution in [3.05, 3.63) is 62.4 Å². The molecule has 2 aromatic heterocycles. The lowest BCUT2D eigenvalue weighted by molar-refractivity contribution is 0.0942. The number of halogens is 1. The molecule has 0 unspecified atom stereocenters. The second-order valence-corrected chi connectivity index (χ2v) is 9.05. The largest absolute Gasteiger partial charge is 0.347 e. The van der Waals surface area contributed by atoms with E-state index in [1.54, 1.807) is 17.5 Å². The van der Waals surface area contributed by atoms with E-state index in [4.69, 9.17) is 17.3 Å². The zero-order chi connectivity index (χ0) is 20.4. The normalized spacial score (nSPS) is 14.4. The fraction of sp³-hybridized carbons (Fsp3) is 0.364. The summed E-state index contributed by atoms with van der Waals surface area (Å²) in [5.41, 5.74) is 10.3. The first kappa shape index (κ1) is 20.1. The van der Waals surface area contributed by atoms with Gasteiger partial charge < -0.3 is 11.1 Å². The van der Waals surface area contributed by atoms with E-state index in [9.17, 15) is 4.79 Å². The molecule has 29 heavy (non-hydrogen) atoms. The molecule has 3 aromatic rings. The van der Waals surface area contributed by atoms with Crippen molar-refractivity contribution in [2.75, 3.05) is 6.54 Å². The summed E-state index contributed by atoms with van der Waals surface area (Å²) in [5, 5.41) is 8.16. The zero-order valence-electron chi connectivity index (χ0n) is 16.5. The molecular weight excluding hydrogens is 404 g/mol. The van der Waals surface area contributed by atoms with Crippen LogP contribution in [0, 0.1) is 6.92 Å². The molecule has 1 aromatic carbocycles. The van der Waals surface area contributed by atoms with Crippen molar-refractivity contribution >= 4 is 28.8 Å². The molecule has 1 atom stereocenters. The van der Waals surface area contributed by atoms with Crippen molar-refractivity contribution in [3.63, 3.8) is 0 Å². The fourth-order valence-corrected chi connectivity index (χ4v) is 5.18. The molecule has 1 amide bonds. The molecule has 0 radical (unpaired) electrons. The van der Waals surface area contributed by atoms with E-state index >= 15 is 0 Å². The lowest BCUT2D eigenvalue weighted by atomic mass is 10.0. The van der Waals surface area contributed by atoms with Gasteiger partial charge in [-0.15, -0.1) is 11.3 Å². The van der Waals surface area contributed by atoms with Gasteiger partial charge in [0.05, 0.1) is 21.8 Å². The van der Waals surface area contributed by atoms with Gasteiger partial charge in [-0.05, 0) is 49.8 Å². The maximum Gasteiger partial charge on any atom is 0.261 e. The van der Waals surface area contributed by atoms with Crippen LogP contribution in [0.15, 0.2) is 36.5 Å². The quantitative estimate of drug-likeness (QED) is 0.639. The minimum atomic E-state index is -0.109. The molecule has 5 nitrogen and oxygen atoms in total. The van der Waals surface area contributed by atoms with Gasteiger partial charge in [0.1, 0.15) is 0 Å². The standard InChI is InChI=1S/C22H25ClN4OS/c1-14-6-2-3-7-15(14)10-16(12-24)26-22(28)20-11-17-19(29-20)8-4-5-9-27-21(17)18(23)13-25-27/h2-3,6-7,11,13,16H,4-5,8-10,12,24H2,1H3,(H,26,28)/t16-/m0/s1. The number of rotatable bonds is 5. The van der Waals surface area contributed by atoms with Crippen molar-refractivity contribution in [2.45, 2.75) is 45.2 Å². The second-order valence-electron chi connectivity index (χ2n) is 7.51. The Labute approximate surface area is 179 Å². The minimum Gasteiger partial charge on any atom is -0.347 e. The van der Waals surface area contributed by atoms with Crippen LogP contribution in [-0.2, 0) is 19.4 Å². The molecule has 3 N–H and O–H groups in total. The van der Waals surface area contributed by atoms with Crippen molar-refractivity contribution in [2.24, 2.45) is 5.73 Å². The third-order valence-corrected chi connectivity index (χ3v) is 6.92. The van der Waals surface area contributed by atoms with Crippen molar-refractivity contribution < 1.29 is 4.79 Å². The molecule has 0 saturated carbocycles. The molecule has 0 fully saturated rings. The van der Waals surface area contributed by atoms with Crippen LogP contribution in [-0.4, -0.2) is 28.3 Å². The van der Waals surface area contributed by atoms with E-state index in [0.717, 1.165) is 43.5 Å². The number of aromatic nitrogens is 2. The van der Waals surface area contributed by atoms with Gasteiger partial charge in [-0.3, -0.25) is 9.48 Å². The third kappa shape index (κ3) is 4.25. The van der Waals surface area contributed by atoms with Crippen LogP contribution in [0.2, 0.25) is 5.02 Å². The Balaban J connectivity index is 1.56. The lowest BCUT2D eigenvalue weighted by Gasteiger charge is -2.17. The number of nitrogens with two attached hydrogens (primary N) is 1. The summed E-state index contributed by atoms with van der Waals surface area (Å²) in [6, 6.07) is 10.1. The molecule has 7 heteroatoms. The van der Waals surface area contributed by atoms with Crippen LogP contribution in [0.3, 0.4) is 0 Å². The highest BCUT2D eigenvalue weighted by Crippen LogP contribution is 2.38. The van der Waals surface area contributed by atoms with E-state index in [1.807, 2.05) is 22.9 Å². The van der Waals surface area contributed by atoms with Crippen molar-refractivity contribution in [1.29, 1.82) is 0 Å². The summed E-state index contributed by atoms with van der Waals surface area (Å²) < 4.78 is 1.95. The summed E-state index contributed by atoms with van der Waals surface area (Å²) in [6.07, 6.45) is 5.49. The van der Waals surface area contributed by atoms with Gasteiger partial charge in [0, 0.05) is 29.6 Å². The fourth-order valence-electron chi connectivity index (χ4n) is 3.83. The highest BCUT2D eigenvalue weighted by molar-refractivity contribution is 7.14. The number of nitrogens with zero attached hydrogens (tertiary/aromatic N) is 2. The Morgan fingerprint density at radius 1 is 1.38 bits per heavy atom. The highest BCUT2D eigenvalue weighted by Gasteiger charge is 2.23. The average Bonchev–Trinajstić information content (AvgIpc) is 3.27. The number of hydrogen-bond donors (Lipinski definition) is 2. The summed E-state index contributed by atoms with van der Waals surface area (Å²) in [5.74, 6) is -0.0760. The first-order valence-corrected chi connectivity index (χ1v) is 11.2. The van der Waals surface area contributed by atoms with Crippen LogP contribution in [0.4, 0.5) is 0 Å². The van der Waals surface area contributed by atoms with Crippen LogP contribution < -0.4 is 11.1 Å². The molecule has 0 saturated heterocycles. The summed E-state index contributed by atoms with van der Waals surface area (Å²) >= 11 is 7.97. The molecule has 1 aliphatic rings. The minimum absolute atomic E-state index is 0.0760. The molecule has 4 rings (SSSR count). The number of fused-ring (bicyclic) bond motifs is 3. The van der Waals surface area contributed by atoms with E-state index in [2.05, 4.69) is 29.5 Å². The van der Waals surface area contributed by atoms with Gasteiger partial charge in [0.15, 0.2) is 0 Å². The number of hydrogen-bond acceptors (Lipinski definition) is 4. The van der Waals surface area contributed by atoms with Gasteiger partial charge in [0.2, 0.25) is 0 Å². The number of benzene rings is 1. The van der Waals surface area contributed by atoms with E-state index in [1.165, 1.54) is 16.0 Å². The third-order valence-electron chi connectivity index (χ3n) is 5.45. The molecule has 3 heterocycles. The molecule has 152 valence electrons. The van der Waals surface area contributed by atoms with Gasteiger partial charge in [-0.2, -0.15) is 5.10 Å². The Hall–Kier alpha value is -2.15. The number of nitrogens with one attached hydrogen (secondary N) is 1. The maximum atomic E-state index is 13.0. The SMILES string of the molecule is Cc1ccccc1C[C@@H](CN)NC(=O)c1cc2c(s1)CCCCn1ncc(Cl)c1-2. The van der Waals surface area contributed by atoms with Crippen molar-refractivity contribution in [1.82, 2.24) is 15.1 Å². The smallest absolute Gasteiger partial charge is 0.261 e. The monoisotopic (exact) mass is 428 g/mol.